The number of hydrogen-bond donors (Lipinski definition) is 1. The lowest BCUT2D eigenvalue weighted by molar-refractivity contribution is 0.122. The second kappa shape index (κ2) is 7.84. The number of nitrogens with one attached hydrogen (secondary N) is 1. The van der Waals surface area contributed by atoms with Crippen LogP contribution in [0, 0.1) is 0 Å². The Morgan fingerprint density at radius 3 is 2.54 bits per heavy atom. The van der Waals surface area contributed by atoms with Crippen LogP contribution < -0.4 is 15.0 Å². The van der Waals surface area contributed by atoms with Crippen molar-refractivity contribution in [3.8, 4) is 11.5 Å². The van der Waals surface area contributed by atoms with Gasteiger partial charge in [-0.3, -0.25) is 0 Å². The van der Waals surface area contributed by atoms with Gasteiger partial charge in [0.15, 0.2) is 5.75 Å². The van der Waals surface area contributed by atoms with Gasteiger partial charge in [0.25, 0.3) is 0 Å². The SMILES string of the molecule is c1ccc(Oc2ccccc2Nc2nccc(N3CCOCC3)n2)cc1. The smallest absolute Gasteiger partial charge is 0.229 e. The third-order valence-corrected chi connectivity index (χ3v) is 4.08. The van der Waals surface area contributed by atoms with Gasteiger partial charge in [-0.15, -0.1) is 0 Å². The van der Waals surface area contributed by atoms with E-state index in [0.717, 1.165) is 49.3 Å². The molecule has 6 nitrogen and oxygen atoms in total. The lowest BCUT2D eigenvalue weighted by Gasteiger charge is -2.27. The van der Waals surface area contributed by atoms with Crippen molar-refractivity contribution < 1.29 is 9.47 Å². The molecule has 3 aromatic rings. The van der Waals surface area contributed by atoms with E-state index in [-0.39, 0.29) is 0 Å². The number of anilines is 3. The molecular weight excluding hydrogens is 328 g/mol. The molecule has 4 rings (SSSR count). The first-order valence-corrected chi connectivity index (χ1v) is 8.63. The first-order valence-electron chi connectivity index (χ1n) is 8.63. The summed E-state index contributed by atoms with van der Waals surface area (Å²) in [6.45, 7) is 3.12. The fourth-order valence-electron chi connectivity index (χ4n) is 2.77. The largest absolute Gasteiger partial charge is 0.455 e. The van der Waals surface area contributed by atoms with Crippen LogP contribution in [0.1, 0.15) is 0 Å². The minimum absolute atomic E-state index is 0.540. The normalized spacial score (nSPS) is 14.1. The summed E-state index contributed by atoms with van der Waals surface area (Å²) in [5, 5.41) is 3.27. The molecule has 0 bridgehead atoms. The molecule has 6 heteroatoms. The number of ether oxygens (including phenoxy) is 2. The van der Waals surface area contributed by atoms with Crippen LogP contribution >= 0.6 is 0 Å². The summed E-state index contributed by atoms with van der Waals surface area (Å²) in [4.78, 5) is 11.2. The minimum Gasteiger partial charge on any atom is -0.455 e. The number of nitrogens with zero attached hydrogens (tertiary/aromatic N) is 3. The Morgan fingerprint density at radius 1 is 0.923 bits per heavy atom. The maximum absolute atomic E-state index is 5.98. The molecule has 1 fully saturated rings. The van der Waals surface area contributed by atoms with E-state index in [2.05, 4.69) is 20.2 Å². The lowest BCUT2D eigenvalue weighted by atomic mass is 10.3. The van der Waals surface area contributed by atoms with Gasteiger partial charge in [0, 0.05) is 19.3 Å². The molecule has 26 heavy (non-hydrogen) atoms. The van der Waals surface area contributed by atoms with Crippen molar-refractivity contribution in [1.82, 2.24) is 9.97 Å². The summed E-state index contributed by atoms with van der Waals surface area (Å²) in [7, 11) is 0. The van der Waals surface area contributed by atoms with Crippen LogP contribution in [0.3, 0.4) is 0 Å². The van der Waals surface area contributed by atoms with Crippen LogP contribution in [0.4, 0.5) is 17.5 Å². The minimum atomic E-state index is 0.540. The molecule has 0 saturated carbocycles. The van der Waals surface area contributed by atoms with Crippen LogP contribution in [-0.2, 0) is 4.74 Å². The quantitative estimate of drug-likeness (QED) is 0.756. The first-order chi connectivity index (χ1) is 12.9. The molecule has 1 aromatic heterocycles. The molecule has 1 N–H and O–H groups in total. The molecule has 0 aliphatic carbocycles. The summed E-state index contributed by atoms with van der Waals surface area (Å²) in [5.74, 6) is 2.94. The molecular formula is C20H20N4O2. The maximum atomic E-state index is 5.98. The van der Waals surface area contributed by atoms with Crippen molar-refractivity contribution in [3.05, 3.63) is 66.9 Å². The van der Waals surface area contributed by atoms with E-state index in [0.29, 0.717) is 5.95 Å². The Labute approximate surface area is 152 Å². The molecule has 2 aromatic carbocycles. The average molecular weight is 348 g/mol. The van der Waals surface area contributed by atoms with Crippen LogP contribution in [0.15, 0.2) is 66.9 Å². The highest BCUT2D eigenvalue weighted by molar-refractivity contribution is 5.63. The first kappa shape index (κ1) is 16.4. The number of rotatable bonds is 5. The van der Waals surface area contributed by atoms with Crippen molar-refractivity contribution in [3.63, 3.8) is 0 Å². The zero-order chi connectivity index (χ0) is 17.6. The number of aromatic nitrogens is 2. The molecule has 0 spiro atoms. The van der Waals surface area contributed by atoms with Crippen molar-refractivity contribution in [2.75, 3.05) is 36.5 Å². The van der Waals surface area contributed by atoms with Gasteiger partial charge in [-0.2, -0.15) is 4.98 Å². The molecule has 1 saturated heterocycles. The monoisotopic (exact) mass is 348 g/mol. The van der Waals surface area contributed by atoms with Gasteiger partial charge in [-0.05, 0) is 30.3 Å². The topological polar surface area (TPSA) is 59.5 Å². The summed E-state index contributed by atoms with van der Waals surface area (Å²) in [5.41, 5.74) is 0.815. The van der Waals surface area contributed by atoms with Gasteiger partial charge >= 0.3 is 0 Å². The number of morpholine rings is 1. The Hall–Kier alpha value is -3.12. The number of hydrogen-bond acceptors (Lipinski definition) is 6. The van der Waals surface area contributed by atoms with Crippen LogP contribution in [-0.4, -0.2) is 36.3 Å². The van der Waals surface area contributed by atoms with Gasteiger partial charge in [0.2, 0.25) is 5.95 Å². The van der Waals surface area contributed by atoms with Gasteiger partial charge < -0.3 is 19.7 Å². The van der Waals surface area contributed by atoms with E-state index in [1.54, 1.807) is 6.20 Å². The van der Waals surface area contributed by atoms with Gasteiger partial charge in [-0.1, -0.05) is 30.3 Å². The average Bonchev–Trinajstić information content (AvgIpc) is 2.71. The molecule has 2 heterocycles. The zero-order valence-corrected chi connectivity index (χ0v) is 14.3. The van der Waals surface area contributed by atoms with Crippen LogP contribution in [0.5, 0.6) is 11.5 Å². The highest BCUT2D eigenvalue weighted by atomic mass is 16.5. The fraction of sp³-hybridized carbons (Fsp3) is 0.200. The van der Waals surface area contributed by atoms with E-state index >= 15 is 0 Å². The molecule has 0 radical (unpaired) electrons. The van der Waals surface area contributed by atoms with Crippen molar-refractivity contribution in [1.29, 1.82) is 0 Å². The summed E-state index contributed by atoms with van der Waals surface area (Å²) in [6.07, 6.45) is 1.76. The van der Waals surface area contributed by atoms with Gasteiger partial charge in [-0.25, -0.2) is 4.98 Å². The Kier molecular flexibility index (Phi) is 4.93. The van der Waals surface area contributed by atoms with Crippen molar-refractivity contribution >= 4 is 17.5 Å². The van der Waals surface area contributed by atoms with E-state index < -0.39 is 0 Å². The zero-order valence-electron chi connectivity index (χ0n) is 14.3. The predicted octanol–water partition coefficient (Wildman–Crippen LogP) is 3.85. The van der Waals surface area contributed by atoms with Crippen molar-refractivity contribution in [2.24, 2.45) is 0 Å². The Morgan fingerprint density at radius 2 is 1.69 bits per heavy atom. The maximum Gasteiger partial charge on any atom is 0.229 e. The van der Waals surface area contributed by atoms with Gasteiger partial charge in [0.1, 0.15) is 11.6 Å². The Balaban J connectivity index is 1.54. The summed E-state index contributed by atoms with van der Waals surface area (Å²) >= 11 is 0. The summed E-state index contributed by atoms with van der Waals surface area (Å²) < 4.78 is 11.4. The van der Waals surface area contributed by atoms with E-state index in [1.807, 2.05) is 60.7 Å². The Bertz CT molecular complexity index is 851. The second-order valence-corrected chi connectivity index (χ2v) is 5.87. The third kappa shape index (κ3) is 3.92. The molecule has 132 valence electrons. The van der Waals surface area contributed by atoms with Crippen molar-refractivity contribution in [2.45, 2.75) is 0 Å². The molecule has 1 aliphatic rings. The molecule has 1 aliphatic heterocycles. The van der Waals surface area contributed by atoms with E-state index in [1.165, 1.54) is 0 Å². The van der Waals surface area contributed by atoms with E-state index in [4.69, 9.17) is 9.47 Å². The fourth-order valence-corrected chi connectivity index (χ4v) is 2.77. The van der Waals surface area contributed by atoms with E-state index in [9.17, 15) is 0 Å². The predicted molar refractivity (Wildman–Crippen MR) is 101 cm³/mol. The molecule has 0 amide bonds. The molecule has 0 unspecified atom stereocenters. The number of benzene rings is 2. The standard InChI is InChI=1S/C20H20N4O2/c1-2-6-16(7-3-1)26-18-9-5-4-8-17(18)22-20-21-11-10-19(23-20)24-12-14-25-15-13-24/h1-11H,12-15H2,(H,21,22,23). The van der Waals surface area contributed by atoms with Crippen LogP contribution in [0.2, 0.25) is 0 Å². The van der Waals surface area contributed by atoms with Crippen LogP contribution in [0.25, 0.3) is 0 Å². The highest BCUT2D eigenvalue weighted by Crippen LogP contribution is 2.30. The molecule has 0 atom stereocenters. The third-order valence-electron chi connectivity index (χ3n) is 4.08. The lowest BCUT2D eigenvalue weighted by Crippen LogP contribution is -2.36. The summed E-state index contributed by atoms with van der Waals surface area (Å²) in [6, 6.07) is 19.4. The van der Waals surface area contributed by atoms with Gasteiger partial charge in [0.05, 0.1) is 18.9 Å². The highest BCUT2D eigenvalue weighted by Gasteiger charge is 2.13. The number of para-hydroxylation sites is 3. The second-order valence-electron chi connectivity index (χ2n) is 5.87.